The van der Waals surface area contributed by atoms with Crippen LogP contribution in [0.15, 0.2) is 150 Å². The first-order chi connectivity index (χ1) is 29.4. The van der Waals surface area contributed by atoms with Gasteiger partial charge in [0.15, 0.2) is 0 Å². The van der Waals surface area contributed by atoms with Gasteiger partial charge >= 0.3 is 0 Å². The number of benzene rings is 6. The van der Waals surface area contributed by atoms with E-state index in [2.05, 4.69) is 90.3 Å². The molecule has 0 saturated heterocycles. The molecule has 0 spiro atoms. The summed E-state index contributed by atoms with van der Waals surface area (Å²) in [6.07, 6.45) is 5.97. The van der Waals surface area contributed by atoms with Crippen molar-refractivity contribution in [3.8, 4) is 22.5 Å². The fraction of sp³-hybridized carbons (Fsp3) is 0.208. The summed E-state index contributed by atoms with van der Waals surface area (Å²) in [5.41, 5.74) is 6.79. The van der Waals surface area contributed by atoms with Crippen molar-refractivity contribution in [1.29, 1.82) is 0 Å². The fourth-order valence-corrected chi connectivity index (χ4v) is 9.50. The molecule has 9 aromatic rings. The van der Waals surface area contributed by atoms with Gasteiger partial charge in [0, 0.05) is 43.4 Å². The first-order valence-electron chi connectivity index (χ1n) is 22.1. The maximum atomic E-state index is 8.93. The van der Waals surface area contributed by atoms with Gasteiger partial charge in [0.1, 0.15) is 5.58 Å². The zero-order valence-electron chi connectivity index (χ0n) is 37.1. The van der Waals surface area contributed by atoms with E-state index in [1.807, 2.05) is 91.1 Å². The molecule has 1 fully saturated rings. The van der Waals surface area contributed by atoms with Gasteiger partial charge in [-0.25, -0.2) is 0 Å². The molecule has 0 atom stereocenters. The Morgan fingerprint density at radius 1 is 0.672 bits per heavy atom. The number of nitrogens with zero attached hydrogens (tertiary/aromatic N) is 2. The van der Waals surface area contributed by atoms with Crippen LogP contribution in [0.3, 0.4) is 0 Å². The third-order valence-electron chi connectivity index (χ3n) is 11.0. The van der Waals surface area contributed by atoms with E-state index in [9.17, 15) is 0 Å². The summed E-state index contributed by atoms with van der Waals surface area (Å²) in [6, 6.07) is 50.3. The predicted octanol–water partition coefficient (Wildman–Crippen LogP) is 13.6. The average molecular weight is 953 g/mol. The summed E-state index contributed by atoms with van der Waals surface area (Å²) in [6.45, 7) is 6.68. The van der Waals surface area contributed by atoms with Crippen molar-refractivity contribution in [3.63, 3.8) is 0 Å². The Morgan fingerprint density at radius 3 is 2.28 bits per heavy atom. The second-order valence-electron chi connectivity index (χ2n) is 16.1. The molecule has 0 unspecified atom stereocenters. The van der Waals surface area contributed by atoms with Crippen LogP contribution in [0.5, 0.6) is 0 Å². The Morgan fingerprint density at radius 2 is 1.47 bits per heavy atom. The number of aromatic nitrogens is 2. The van der Waals surface area contributed by atoms with Crippen LogP contribution in [-0.2, 0) is 32.9 Å². The zero-order valence-corrected chi connectivity index (χ0v) is 36.5. The van der Waals surface area contributed by atoms with E-state index < -0.39 is 20.8 Å². The van der Waals surface area contributed by atoms with Gasteiger partial charge in [0.05, 0.1) is 13.7 Å². The third-order valence-corrected chi connectivity index (χ3v) is 13.1. The van der Waals surface area contributed by atoms with Gasteiger partial charge in [-0.05, 0) is 80.5 Å². The van der Waals surface area contributed by atoms with Crippen LogP contribution in [-0.4, -0.2) is 18.0 Å². The minimum Gasteiger partial charge on any atom is -0.501 e. The molecule has 5 heteroatoms. The van der Waals surface area contributed by atoms with Crippen molar-refractivity contribution in [2.24, 2.45) is 5.92 Å². The normalized spacial score (nSPS) is 14.9. The number of fused-ring (bicyclic) bond motifs is 6. The van der Waals surface area contributed by atoms with Crippen LogP contribution in [0.4, 0.5) is 0 Å². The van der Waals surface area contributed by atoms with Gasteiger partial charge < -0.3 is 14.4 Å². The second kappa shape index (κ2) is 17.3. The summed E-state index contributed by atoms with van der Waals surface area (Å²) in [5, 5.41) is 7.92. The van der Waals surface area contributed by atoms with Crippen LogP contribution in [0.25, 0.3) is 66.0 Å². The van der Waals surface area contributed by atoms with Gasteiger partial charge in [-0.3, -0.25) is 0 Å². The molecule has 1 saturated carbocycles. The van der Waals surface area contributed by atoms with E-state index in [0.717, 1.165) is 75.2 Å². The second-order valence-corrected chi connectivity index (χ2v) is 21.1. The van der Waals surface area contributed by atoms with Crippen LogP contribution < -0.4 is 5.19 Å². The van der Waals surface area contributed by atoms with Crippen molar-refractivity contribution in [3.05, 3.63) is 175 Å². The fourth-order valence-electron chi connectivity index (χ4n) is 8.11. The van der Waals surface area contributed by atoms with Crippen LogP contribution in [0, 0.1) is 18.1 Å². The summed E-state index contributed by atoms with van der Waals surface area (Å²) in [5.74, 6) is 0.0507. The van der Waals surface area contributed by atoms with E-state index >= 15 is 0 Å². The number of pyridine rings is 2. The number of furan rings is 1. The minimum absolute atomic E-state index is 0. The van der Waals surface area contributed by atoms with Crippen molar-refractivity contribution in [1.82, 2.24) is 9.97 Å². The topological polar surface area (TPSA) is 38.9 Å². The zero-order chi connectivity index (χ0) is 42.4. The average Bonchev–Trinajstić information content (AvgIpc) is 3.66. The van der Waals surface area contributed by atoms with E-state index in [4.69, 9.17) is 9.90 Å². The molecule has 0 bridgehead atoms. The largest absolute Gasteiger partial charge is 0.501 e. The summed E-state index contributed by atoms with van der Waals surface area (Å²) in [4.78, 5) is 9.25. The molecule has 0 amide bonds. The van der Waals surface area contributed by atoms with Gasteiger partial charge in [-0.1, -0.05) is 153 Å². The van der Waals surface area contributed by atoms with Crippen LogP contribution in [0.2, 0.25) is 19.6 Å². The van der Waals surface area contributed by atoms with Crippen LogP contribution in [0.1, 0.15) is 54.3 Å². The Hall–Kier alpha value is -5.19. The molecule has 58 heavy (non-hydrogen) atoms. The Bertz CT molecular complexity index is 3010. The molecule has 1 radical (unpaired) electrons. The van der Waals surface area contributed by atoms with E-state index in [-0.39, 0.29) is 26.0 Å². The summed E-state index contributed by atoms with van der Waals surface area (Å²) >= 11 is 0. The van der Waals surface area contributed by atoms with Crippen molar-refractivity contribution < 1.29 is 30.0 Å². The molecular weight excluding hydrogens is 901 g/mol. The van der Waals surface area contributed by atoms with E-state index in [1.54, 1.807) is 6.20 Å². The molecule has 0 N–H and O–H groups in total. The first kappa shape index (κ1) is 34.8. The molecule has 0 aliphatic heterocycles. The quantitative estimate of drug-likeness (QED) is 0.0908. The van der Waals surface area contributed by atoms with Crippen LogP contribution >= 0.6 is 0 Å². The third kappa shape index (κ3) is 8.49. The molecule has 1 aliphatic carbocycles. The molecule has 3 nitrogen and oxygen atoms in total. The summed E-state index contributed by atoms with van der Waals surface area (Å²) in [7, 11) is -1.76. The summed E-state index contributed by atoms with van der Waals surface area (Å²) < 4.78 is 42.0. The maximum absolute atomic E-state index is 8.93. The Kier molecular flexibility index (Phi) is 10.4. The molecular formula is C53H48IrN2OSi-2. The molecule has 6 aromatic carbocycles. The number of hydrogen-bond donors (Lipinski definition) is 0. The number of rotatable bonds is 7. The van der Waals surface area contributed by atoms with Crippen molar-refractivity contribution in [2.45, 2.75) is 64.5 Å². The van der Waals surface area contributed by atoms with Gasteiger partial charge in [0.25, 0.3) is 0 Å². The SMILES string of the molecule is [2H]C([2H])(c1ccccc1)c1cc(-c2[c-]cccc2)ncc1[Si](C)(C)C.[2H]C([2H])(c1ccnc(-c2[c-]ccc3c2oc2cc4c(ccc5ccccc54)cc23)c1)C1CCCCC1.[Ir]. The minimum atomic E-state index is -1.76. The predicted molar refractivity (Wildman–Crippen MR) is 242 cm³/mol. The Labute approximate surface area is 362 Å². The maximum Gasteiger partial charge on any atom is 0.121 e. The van der Waals surface area contributed by atoms with Crippen molar-refractivity contribution in [2.75, 3.05) is 0 Å². The van der Waals surface area contributed by atoms with Gasteiger partial charge in [-0.2, -0.15) is 0 Å². The number of hydrogen-bond acceptors (Lipinski definition) is 3. The van der Waals surface area contributed by atoms with E-state index in [0.29, 0.717) is 16.8 Å². The molecule has 1 aliphatic rings. The Balaban J connectivity index is 0.000000180. The van der Waals surface area contributed by atoms with Gasteiger partial charge in [0.2, 0.25) is 0 Å². The molecule has 10 rings (SSSR count). The van der Waals surface area contributed by atoms with Gasteiger partial charge in [-0.15, -0.1) is 54.1 Å². The molecule has 3 heterocycles. The monoisotopic (exact) mass is 953 g/mol. The smallest absolute Gasteiger partial charge is 0.121 e. The first-order valence-corrected chi connectivity index (χ1v) is 23.6. The van der Waals surface area contributed by atoms with E-state index in [1.165, 1.54) is 28.0 Å². The molecule has 3 aromatic heterocycles. The van der Waals surface area contributed by atoms with Crippen molar-refractivity contribution >= 4 is 56.7 Å². The standard InChI is InChI=1S/C32H26NO.C21H22NSi.Ir/c1-2-7-21(8-3-1)17-22-15-16-33-30(18-22)27-12-6-11-26-29-19-24-14-13-23-9-4-5-10-25(23)28(24)20-31(29)34-32(26)27;1-23(2,3)21-16-22-20(18-12-8-5-9-13-18)15-19(21)14-17-10-6-4-7-11-17;/h4-6,9-11,13-16,18-21H,1-3,7-8,17H2;4-12,15-16H,14H2,1-3H3;/q2*-1;/i17D2;14D2;. The molecule has 291 valence electrons.